The van der Waals surface area contributed by atoms with Crippen LogP contribution in [0, 0.1) is 0 Å². The first-order valence-electron chi connectivity index (χ1n) is 8.75. The van der Waals surface area contributed by atoms with Crippen molar-refractivity contribution in [3.05, 3.63) is 34.4 Å². The normalized spacial score (nSPS) is 13.0. The molecule has 13 heteroatoms. The Morgan fingerprint density at radius 1 is 1.18 bits per heavy atom. The highest BCUT2D eigenvalue weighted by atomic mass is 32.2. The van der Waals surface area contributed by atoms with Crippen LogP contribution in [-0.2, 0) is 43.3 Å². The maximum absolute atomic E-state index is 13.4. The standard InChI is InChI=1S/C15H21B3F2O7S/c1-8(15(19,20)28(23,24)25)27-13(21)7-26-14(22)11-3-9(4-16)2-10(5-17)12(11)6-18/h2-3,8H,4-7,16-18H2,1H3,(H,23,24,25). The number of halogens is 2. The van der Waals surface area contributed by atoms with Crippen molar-refractivity contribution in [3.63, 3.8) is 0 Å². The van der Waals surface area contributed by atoms with E-state index in [0.717, 1.165) is 16.7 Å². The third-order valence-electron chi connectivity index (χ3n) is 4.21. The lowest BCUT2D eigenvalue weighted by Gasteiger charge is -2.20. The summed E-state index contributed by atoms with van der Waals surface area (Å²) in [5.41, 5.74) is 2.93. The quantitative estimate of drug-likeness (QED) is 0.302. The zero-order valence-electron chi connectivity index (χ0n) is 16.1. The minimum Gasteiger partial charge on any atom is -0.452 e. The Hall–Kier alpha value is -1.88. The Kier molecular flexibility index (Phi) is 8.24. The maximum atomic E-state index is 13.4. The third kappa shape index (κ3) is 5.57. The number of benzene rings is 1. The highest BCUT2D eigenvalue weighted by Gasteiger charge is 2.52. The Bertz CT molecular complexity index is 846. The summed E-state index contributed by atoms with van der Waals surface area (Å²) < 4.78 is 65.7. The lowest BCUT2D eigenvalue weighted by molar-refractivity contribution is -0.162. The SMILES string of the molecule is BCc1cc(CB)c(CB)c(C(=O)OCC(=O)OC(C)C(F)(F)S(=O)(=O)O)c1. The second-order valence-corrected chi connectivity index (χ2v) is 7.58. The van der Waals surface area contributed by atoms with Crippen molar-refractivity contribution in [1.29, 1.82) is 0 Å². The number of alkyl halides is 2. The molecule has 0 aliphatic heterocycles. The molecule has 152 valence electrons. The van der Waals surface area contributed by atoms with Gasteiger partial charge < -0.3 is 9.47 Å². The summed E-state index contributed by atoms with van der Waals surface area (Å²) >= 11 is 0. The molecule has 28 heavy (non-hydrogen) atoms. The predicted molar refractivity (Wildman–Crippen MR) is 106 cm³/mol. The molecular weight excluding hydrogens is 395 g/mol. The molecule has 0 amide bonds. The summed E-state index contributed by atoms with van der Waals surface area (Å²) in [5, 5.41) is -4.69. The van der Waals surface area contributed by atoms with Gasteiger partial charge in [-0.2, -0.15) is 17.2 Å². The summed E-state index contributed by atoms with van der Waals surface area (Å²) in [6.45, 7) is -0.382. The largest absolute Gasteiger partial charge is 0.452 e. The first kappa shape index (κ1) is 24.2. The number of hydrogen-bond acceptors (Lipinski definition) is 6. The number of esters is 2. The fourth-order valence-corrected chi connectivity index (χ4v) is 3.10. The van der Waals surface area contributed by atoms with Gasteiger partial charge in [-0.25, -0.2) is 9.59 Å². The van der Waals surface area contributed by atoms with E-state index in [2.05, 4.69) is 4.74 Å². The van der Waals surface area contributed by atoms with Crippen molar-refractivity contribution in [2.45, 2.75) is 37.2 Å². The molecule has 0 fully saturated rings. The van der Waals surface area contributed by atoms with Gasteiger partial charge in [0, 0.05) is 0 Å². The smallest absolute Gasteiger partial charge is 0.405 e. The van der Waals surface area contributed by atoms with Crippen LogP contribution in [-0.4, -0.2) is 66.4 Å². The minimum absolute atomic E-state index is 0.280. The van der Waals surface area contributed by atoms with E-state index in [9.17, 15) is 26.8 Å². The molecule has 0 saturated carbocycles. The highest BCUT2D eigenvalue weighted by molar-refractivity contribution is 7.86. The first-order valence-corrected chi connectivity index (χ1v) is 10.2. The predicted octanol–water partition coefficient (Wildman–Crippen LogP) is -1.34. The molecule has 0 bridgehead atoms. The van der Waals surface area contributed by atoms with E-state index in [0.29, 0.717) is 25.9 Å². The molecule has 0 heterocycles. The van der Waals surface area contributed by atoms with Crippen molar-refractivity contribution in [3.8, 4) is 0 Å². The Balaban J connectivity index is 2.89. The van der Waals surface area contributed by atoms with Crippen LogP contribution >= 0.6 is 0 Å². The average Bonchev–Trinajstić information content (AvgIpc) is 2.63. The molecule has 1 N–H and O–H groups in total. The van der Waals surface area contributed by atoms with Gasteiger partial charge in [-0.1, -0.05) is 36.2 Å². The molecule has 0 spiro atoms. The number of ether oxygens (including phenoxy) is 2. The van der Waals surface area contributed by atoms with E-state index in [4.69, 9.17) is 9.29 Å². The molecule has 1 aromatic rings. The molecule has 7 nitrogen and oxygen atoms in total. The van der Waals surface area contributed by atoms with Crippen molar-refractivity contribution < 1.29 is 40.8 Å². The van der Waals surface area contributed by atoms with E-state index in [1.807, 2.05) is 29.6 Å². The van der Waals surface area contributed by atoms with E-state index in [1.165, 1.54) is 0 Å². The molecule has 1 atom stereocenters. The molecular formula is C15H21B3F2O7S. The molecule has 1 rings (SSSR count). The Labute approximate surface area is 165 Å². The van der Waals surface area contributed by atoms with Crippen molar-refractivity contribution in [1.82, 2.24) is 0 Å². The zero-order valence-corrected chi connectivity index (χ0v) is 16.9. The van der Waals surface area contributed by atoms with Crippen LogP contribution in [0.25, 0.3) is 0 Å². The first-order chi connectivity index (χ1) is 12.9. The summed E-state index contributed by atoms with van der Waals surface area (Å²) in [7, 11) is -0.0369. The zero-order chi connectivity index (χ0) is 21.7. The van der Waals surface area contributed by atoms with Gasteiger partial charge in [-0.05, 0) is 18.6 Å². The van der Waals surface area contributed by atoms with Gasteiger partial charge in [0.2, 0.25) is 0 Å². The van der Waals surface area contributed by atoms with Crippen LogP contribution in [0.4, 0.5) is 8.78 Å². The number of rotatable bonds is 9. The van der Waals surface area contributed by atoms with Crippen LogP contribution in [0.15, 0.2) is 12.1 Å². The van der Waals surface area contributed by atoms with E-state index < -0.39 is 40.0 Å². The van der Waals surface area contributed by atoms with Crippen LogP contribution in [0.2, 0.25) is 0 Å². The number of carbonyl (C=O) groups excluding carboxylic acids is 2. The van der Waals surface area contributed by atoms with Crippen molar-refractivity contribution in [2.75, 3.05) is 6.61 Å². The van der Waals surface area contributed by atoms with Gasteiger partial charge in [-0.15, -0.1) is 0 Å². The van der Waals surface area contributed by atoms with Crippen LogP contribution in [0.5, 0.6) is 0 Å². The van der Waals surface area contributed by atoms with E-state index in [1.54, 1.807) is 6.07 Å². The fraction of sp³-hybridized carbons (Fsp3) is 0.467. The van der Waals surface area contributed by atoms with Crippen LogP contribution in [0.3, 0.4) is 0 Å². The number of carbonyl (C=O) groups is 2. The Morgan fingerprint density at radius 2 is 1.79 bits per heavy atom. The molecule has 1 unspecified atom stereocenters. The van der Waals surface area contributed by atoms with Gasteiger partial charge in [0.1, 0.15) is 23.5 Å². The van der Waals surface area contributed by atoms with Gasteiger partial charge in [0.15, 0.2) is 12.7 Å². The average molecular weight is 416 g/mol. The fourth-order valence-electron chi connectivity index (χ4n) is 2.63. The summed E-state index contributed by atoms with van der Waals surface area (Å²) in [5.74, 6) is -2.18. The van der Waals surface area contributed by atoms with Crippen LogP contribution in [0.1, 0.15) is 34.0 Å². The summed E-state index contributed by atoms with van der Waals surface area (Å²) in [6.07, 6.45) is -0.530. The molecule has 0 aromatic heterocycles. The lowest BCUT2D eigenvalue weighted by atomic mass is 9.81. The van der Waals surface area contributed by atoms with E-state index >= 15 is 0 Å². The molecule has 0 radical (unpaired) electrons. The monoisotopic (exact) mass is 416 g/mol. The summed E-state index contributed by atoms with van der Waals surface area (Å²) in [4.78, 5) is 24.0. The second-order valence-electron chi connectivity index (χ2n) is 6.09. The topological polar surface area (TPSA) is 107 Å². The Morgan fingerprint density at radius 3 is 2.25 bits per heavy atom. The molecule has 0 saturated heterocycles. The van der Waals surface area contributed by atoms with Crippen LogP contribution < -0.4 is 0 Å². The van der Waals surface area contributed by atoms with Gasteiger partial charge >= 0.3 is 27.3 Å². The molecule has 1 aromatic carbocycles. The molecule has 0 aliphatic rings. The van der Waals surface area contributed by atoms with Gasteiger partial charge in [-0.3, -0.25) is 4.55 Å². The van der Waals surface area contributed by atoms with Gasteiger partial charge in [0.05, 0.1) is 5.56 Å². The maximum Gasteiger partial charge on any atom is 0.405 e. The highest BCUT2D eigenvalue weighted by Crippen LogP contribution is 2.27. The minimum atomic E-state index is -5.76. The molecule has 0 aliphatic carbocycles. The lowest BCUT2D eigenvalue weighted by Crippen LogP contribution is -2.42. The third-order valence-corrected chi connectivity index (χ3v) is 5.23. The number of hydrogen-bond donors (Lipinski definition) is 1. The summed E-state index contributed by atoms with van der Waals surface area (Å²) in [6, 6.07) is 3.64. The second kappa shape index (κ2) is 9.55. The van der Waals surface area contributed by atoms with Gasteiger partial charge in [0.25, 0.3) is 0 Å². The van der Waals surface area contributed by atoms with Crippen molar-refractivity contribution >= 4 is 45.6 Å². The van der Waals surface area contributed by atoms with Crippen molar-refractivity contribution in [2.24, 2.45) is 0 Å². The van der Waals surface area contributed by atoms with E-state index in [-0.39, 0.29) is 5.56 Å².